The molecule has 0 aromatic carbocycles. The lowest BCUT2D eigenvalue weighted by Gasteiger charge is -2.35. The maximum absolute atomic E-state index is 11.7. The first kappa shape index (κ1) is 21.2. The van der Waals surface area contributed by atoms with Crippen LogP contribution in [0.5, 0.6) is 0 Å². The molecule has 0 atom stereocenters. The molecule has 0 aromatic heterocycles. The van der Waals surface area contributed by atoms with Crippen molar-refractivity contribution in [3.63, 3.8) is 0 Å². The van der Waals surface area contributed by atoms with Gasteiger partial charge in [0.1, 0.15) is 0 Å². The number of guanidine groups is 1. The van der Waals surface area contributed by atoms with E-state index in [0.29, 0.717) is 25.2 Å². The van der Waals surface area contributed by atoms with E-state index < -0.39 is 10.0 Å². The van der Waals surface area contributed by atoms with Gasteiger partial charge in [-0.25, -0.2) is 12.7 Å². The summed E-state index contributed by atoms with van der Waals surface area (Å²) in [6.45, 7) is 9.60. The first-order valence-corrected chi connectivity index (χ1v) is 10.6. The minimum absolute atomic E-state index is 0.148. The van der Waals surface area contributed by atoms with Gasteiger partial charge in [-0.1, -0.05) is 0 Å². The first-order chi connectivity index (χ1) is 11.3. The van der Waals surface area contributed by atoms with E-state index in [0.717, 1.165) is 38.3 Å². The third kappa shape index (κ3) is 6.94. The zero-order chi connectivity index (χ0) is 18.2. The molecule has 1 saturated heterocycles. The van der Waals surface area contributed by atoms with Gasteiger partial charge in [-0.05, 0) is 40.0 Å². The second kappa shape index (κ2) is 10.2. The van der Waals surface area contributed by atoms with Gasteiger partial charge >= 0.3 is 0 Å². The van der Waals surface area contributed by atoms with Crippen LogP contribution in [0.25, 0.3) is 0 Å². The Morgan fingerprint density at radius 3 is 2.46 bits per heavy atom. The summed E-state index contributed by atoms with van der Waals surface area (Å²) in [5.41, 5.74) is 0. The molecular formula is C16H35N5O2S. The summed E-state index contributed by atoms with van der Waals surface area (Å²) in [5, 5.41) is 6.75. The lowest BCUT2D eigenvalue weighted by molar-refractivity contribution is 0.167. The Morgan fingerprint density at radius 1 is 1.33 bits per heavy atom. The molecule has 142 valence electrons. The van der Waals surface area contributed by atoms with Crippen molar-refractivity contribution in [1.29, 1.82) is 0 Å². The normalized spacial score (nSPS) is 18.4. The number of rotatable bonds is 8. The van der Waals surface area contributed by atoms with Crippen molar-refractivity contribution in [1.82, 2.24) is 19.8 Å². The monoisotopic (exact) mass is 361 g/mol. The van der Waals surface area contributed by atoms with E-state index in [1.165, 1.54) is 4.31 Å². The number of likely N-dealkylation sites (tertiary alicyclic amines) is 1. The van der Waals surface area contributed by atoms with Crippen LogP contribution in [0.3, 0.4) is 0 Å². The molecule has 1 heterocycles. The predicted molar refractivity (Wildman–Crippen MR) is 101 cm³/mol. The Kier molecular flexibility index (Phi) is 9.01. The Balaban J connectivity index is 2.27. The molecule has 7 nitrogen and oxygen atoms in total. The average Bonchev–Trinajstić information content (AvgIpc) is 2.57. The molecule has 0 radical (unpaired) electrons. The fourth-order valence-corrected chi connectivity index (χ4v) is 3.66. The summed E-state index contributed by atoms with van der Waals surface area (Å²) < 4.78 is 24.8. The molecule has 0 spiro atoms. The van der Waals surface area contributed by atoms with E-state index >= 15 is 0 Å². The van der Waals surface area contributed by atoms with Crippen LogP contribution in [0, 0.1) is 0 Å². The quantitative estimate of drug-likeness (QED) is 0.378. The zero-order valence-corrected chi connectivity index (χ0v) is 16.7. The van der Waals surface area contributed by atoms with Gasteiger partial charge in [-0.2, -0.15) is 0 Å². The Bertz CT molecular complexity index is 485. The number of hydrogen-bond donors (Lipinski definition) is 2. The van der Waals surface area contributed by atoms with Crippen molar-refractivity contribution in [2.75, 3.05) is 46.0 Å². The van der Waals surface area contributed by atoms with Crippen molar-refractivity contribution >= 4 is 16.0 Å². The van der Waals surface area contributed by atoms with Gasteiger partial charge in [0.15, 0.2) is 5.96 Å². The molecule has 0 unspecified atom stereocenters. The Hall–Kier alpha value is -0.860. The lowest BCUT2D eigenvalue weighted by atomic mass is 10.0. The van der Waals surface area contributed by atoms with Gasteiger partial charge in [-0.3, -0.25) is 4.99 Å². The lowest BCUT2D eigenvalue weighted by Crippen LogP contribution is -2.50. The van der Waals surface area contributed by atoms with Crippen molar-refractivity contribution in [2.45, 2.75) is 52.1 Å². The van der Waals surface area contributed by atoms with Crippen LogP contribution >= 0.6 is 0 Å². The summed E-state index contributed by atoms with van der Waals surface area (Å²) in [6, 6.07) is 1.06. The summed E-state index contributed by atoms with van der Waals surface area (Å²) in [5.74, 6) is 0.953. The van der Waals surface area contributed by atoms with E-state index in [2.05, 4.69) is 34.4 Å². The number of sulfonamides is 1. The minimum Gasteiger partial charge on any atom is -0.356 e. The van der Waals surface area contributed by atoms with Gasteiger partial charge in [0, 0.05) is 52.4 Å². The smallest absolute Gasteiger partial charge is 0.213 e. The topological polar surface area (TPSA) is 77.0 Å². The third-order valence-corrected chi connectivity index (χ3v) is 6.47. The molecule has 1 rings (SSSR count). The zero-order valence-electron chi connectivity index (χ0n) is 15.9. The molecule has 8 heteroatoms. The van der Waals surface area contributed by atoms with Crippen LogP contribution in [0.15, 0.2) is 4.99 Å². The summed E-state index contributed by atoms with van der Waals surface area (Å²) in [4.78, 5) is 6.77. The number of aliphatic imine (C=N–C) groups is 1. The number of nitrogens with one attached hydrogen (secondary N) is 2. The molecule has 0 saturated carbocycles. The van der Waals surface area contributed by atoms with Crippen LogP contribution in [0.1, 0.15) is 40.0 Å². The molecule has 24 heavy (non-hydrogen) atoms. The standard InChI is InChI=1S/C16H35N5O2S/c1-6-24(22,23)20(5)11-7-10-18-16(17-4)19-15-8-12-21(13-9-15)14(2)3/h14-15H,6-13H2,1-5H3,(H2,17,18,19). The molecule has 1 fully saturated rings. The van der Waals surface area contributed by atoms with Crippen LogP contribution < -0.4 is 10.6 Å². The molecule has 0 aromatic rings. The highest BCUT2D eigenvalue weighted by atomic mass is 32.2. The number of piperidine rings is 1. The van der Waals surface area contributed by atoms with Crippen molar-refractivity contribution < 1.29 is 8.42 Å². The van der Waals surface area contributed by atoms with Crippen LogP contribution in [0.2, 0.25) is 0 Å². The van der Waals surface area contributed by atoms with Gasteiger partial charge in [-0.15, -0.1) is 0 Å². The van der Waals surface area contributed by atoms with Crippen molar-refractivity contribution in [3.05, 3.63) is 0 Å². The van der Waals surface area contributed by atoms with E-state index in [9.17, 15) is 8.42 Å². The molecular weight excluding hydrogens is 326 g/mol. The van der Waals surface area contributed by atoms with E-state index in [-0.39, 0.29) is 5.75 Å². The van der Waals surface area contributed by atoms with E-state index in [1.807, 2.05) is 0 Å². The molecule has 0 aliphatic carbocycles. The third-order valence-electron chi connectivity index (χ3n) is 4.61. The predicted octanol–water partition coefficient (Wildman–Crippen LogP) is 0.696. The van der Waals surface area contributed by atoms with E-state index in [1.54, 1.807) is 21.0 Å². The minimum atomic E-state index is -3.08. The molecule has 2 N–H and O–H groups in total. The van der Waals surface area contributed by atoms with Gasteiger partial charge in [0.05, 0.1) is 5.75 Å². The van der Waals surface area contributed by atoms with Crippen LogP contribution in [0.4, 0.5) is 0 Å². The summed E-state index contributed by atoms with van der Waals surface area (Å²) in [6.07, 6.45) is 2.99. The molecule has 0 amide bonds. The van der Waals surface area contributed by atoms with Gasteiger partial charge < -0.3 is 15.5 Å². The van der Waals surface area contributed by atoms with E-state index in [4.69, 9.17) is 0 Å². The second-order valence-corrected chi connectivity index (χ2v) is 8.99. The van der Waals surface area contributed by atoms with Crippen molar-refractivity contribution in [2.24, 2.45) is 4.99 Å². The SMILES string of the molecule is CCS(=O)(=O)N(C)CCCNC(=NC)NC1CCN(C(C)C)CC1. The van der Waals surface area contributed by atoms with Gasteiger partial charge in [0.25, 0.3) is 0 Å². The average molecular weight is 362 g/mol. The molecule has 1 aliphatic rings. The highest BCUT2D eigenvalue weighted by Crippen LogP contribution is 2.12. The maximum atomic E-state index is 11.7. The molecule has 1 aliphatic heterocycles. The maximum Gasteiger partial charge on any atom is 0.213 e. The highest BCUT2D eigenvalue weighted by molar-refractivity contribution is 7.89. The fraction of sp³-hybridized carbons (Fsp3) is 0.938. The van der Waals surface area contributed by atoms with Crippen molar-refractivity contribution in [3.8, 4) is 0 Å². The Labute approximate surface area is 147 Å². The van der Waals surface area contributed by atoms with Crippen LogP contribution in [-0.2, 0) is 10.0 Å². The van der Waals surface area contributed by atoms with Gasteiger partial charge in [0.2, 0.25) is 10.0 Å². The first-order valence-electron chi connectivity index (χ1n) is 8.95. The number of hydrogen-bond acceptors (Lipinski definition) is 4. The summed E-state index contributed by atoms with van der Waals surface area (Å²) in [7, 11) is 0.319. The summed E-state index contributed by atoms with van der Waals surface area (Å²) >= 11 is 0. The molecule has 0 bridgehead atoms. The second-order valence-electron chi connectivity index (χ2n) is 6.62. The highest BCUT2D eigenvalue weighted by Gasteiger charge is 2.21. The largest absolute Gasteiger partial charge is 0.356 e. The Morgan fingerprint density at radius 2 is 1.96 bits per heavy atom. The van der Waals surface area contributed by atoms with Crippen LogP contribution in [-0.4, -0.2) is 81.7 Å². The fourth-order valence-electron chi connectivity index (χ4n) is 2.82. The number of nitrogens with zero attached hydrogens (tertiary/aromatic N) is 3.